The second-order valence-corrected chi connectivity index (χ2v) is 5.56. The van der Waals surface area contributed by atoms with Gasteiger partial charge in [-0.05, 0) is 43.9 Å². The van der Waals surface area contributed by atoms with Crippen LogP contribution in [0.15, 0.2) is 12.1 Å². The van der Waals surface area contributed by atoms with Crippen LogP contribution in [0.1, 0.15) is 30.5 Å². The third-order valence-electron chi connectivity index (χ3n) is 3.56. The van der Waals surface area contributed by atoms with Crippen LogP contribution in [0.4, 0.5) is 0 Å². The molecule has 1 aromatic rings. The number of nitrogens with one attached hydrogen (secondary N) is 1. The van der Waals surface area contributed by atoms with Crippen LogP contribution in [0.5, 0.6) is 5.75 Å². The maximum atomic E-state index is 5.77. The molecule has 1 aromatic carbocycles. The fourth-order valence-electron chi connectivity index (χ4n) is 2.50. The largest absolute Gasteiger partial charge is 0.496 e. The molecule has 0 amide bonds. The number of rotatable bonds is 7. The Balaban J connectivity index is 2.67. The van der Waals surface area contributed by atoms with E-state index >= 15 is 0 Å². The molecule has 3 N–H and O–H groups in total. The third kappa shape index (κ3) is 4.51. The van der Waals surface area contributed by atoms with E-state index in [0.29, 0.717) is 18.5 Å². The summed E-state index contributed by atoms with van der Waals surface area (Å²) in [6, 6.07) is 4.75. The van der Waals surface area contributed by atoms with E-state index in [0.717, 1.165) is 18.7 Å². The van der Waals surface area contributed by atoms with Gasteiger partial charge in [0.05, 0.1) is 7.11 Å². The Morgan fingerprint density at radius 1 is 1.26 bits per heavy atom. The van der Waals surface area contributed by atoms with Crippen LogP contribution in [0.2, 0.25) is 0 Å². The molecule has 0 aromatic heterocycles. The van der Waals surface area contributed by atoms with Gasteiger partial charge in [0.15, 0.2) is 0 Å². The zero-order chi connectivity index (χ0) is 14.4. The van der Waals surface area contributed by atoms with Gasteiger partial charge in [0.25, 0.3) is 0 Å². The molecule has 0 radical (unpaired) electrons. The molecule has 0 aliphatic heterocycles. The van der Waals surface area contributed by atoms with Gasteiger partial charge in [-0.15, -0.1) is 0 Å². The molecule has 0 aliphatic rings. The Hall–Kier alpha value is -1.06. The third-order valence-corrected chi connectivity index (χ3v) is 3.56. The van der Waals surface area contributed by atoms with Gasteiger partial charge in [-0.25, -0.2) is 0 Å². The minimum Gasteiger partial charge on any atom is -0.496 e. The van der Waals surface area contributed by atoms with Gasteiger partial charge in [-0.1, -0.05) is 31.5 Å². The van der Waals surface area contributed by atoms with Gasteiger partial charge in [0, 0.05) is 12.6 Å². The van der Waals surface area contributed by atoms with E-state index in [1.54, 1.807) is 7.11 Å². The summed E-state index contributed by atoms with van der Waals surface area (Å²) in [6.07, 6.45) is 0.967. The van der Waals surface area contributed by atoms with Crippen molar-refractivity contribution in [1.29, 1.82) is 0 Å². The number of nitrogens with two attached hydrogens (primary N) is 1. The van der Waals surface area contributed by atoms with E-state index in [9.17, 15) is 0 Å². The summed E-state index contributed by atoms with van der Waals surface area (Å²) < 4.78 is 5.51. The number of hydrogen-bond donors (Lipinski definition) is 2. The molecular weight excluding hydrogens is 236 g/mol. The summed E-state index contributed by atoms with van der Waals surface area (Å²) in [5.74, 6) is 1.58. The molecule has 1 atom stereocenters. The van der Waals surface area contributed by atoms with Gasteiger partial charge in [0.1, 0.15) is 5.75 Å². The highest BCUT2D eigenvalue weighted by molar-refractivity contribution is 5.43. The molecule has 3 nitrogen and oxygen atoms in total. The van der Waals surface area contributed by atoms with Gasteiger partial charge in [-0.3, -0.25) is 0 Å². The molecule has 0 saturated heterocycles. The maximum absolute atomic E-state index is 5.77. The lowest BCUT2D eigenvalue weighted by atomic mass is 10.0. The average Bonchev–Trinajstić information content (AvgIpc) is 2.33. The molecule has 0 spiro atoms. The number of benzene rings is 1. The zero-order valence-electron chi connectivity index (χ0n) is 12.9. The minimum absolute atomic E-state index is 0.386. The topological polar surface area (TPSA) is 47.3 Å². The first-order valence-electron chi connectivity index (χ1n) is 7.07. The smallest absolute Gasteiger partial charge is 0.125 e. The first-order chi connectivity index (χ1) is 8.99. The van der Waals surface area contributed by atoms with Crippen molar-refractivity contribution in [3.05, 3.63) is 28.8 Å². The quantitative estimate of drug-likeness (QED) is 0.795. The SMILES string of the molecule is COc1c(C)cc(C)cc1CCNC(CN)C(C)C. The van der Waals surface area contributed by atoms with E-state index < -0.39 is 0 Å². The summed E-state index contributed by atoms with van der Waals surface area (Å²) in [5, 5.41) is 3.53. The molecule has 0 bridgehead atoms. The maximum Gasteiger partial charge on any atom is 0.125 e. The molecule has 0 aliphatic carbocycles. The van der Waals surface area contributed by atoms with Crippen LogP contribution in [0.3, 0.4) is 0 Å². The van der Waals surface area contributed by atoms with Crippen molar-refractivity contribution in [2.24, 2.45) is 11.7 Å². The monoisotopic (exact) mass is 264 g/mol. The first kappa shape index (κ1) is 16.0. The molecule has 0 saturated carbocycles. The lowest BCUT2D eigenvalue weighted by molar-refractivity contribution is 0.396. The lowest BCUT2D eigenvalue weighted by Gasteiger charge is -2.21. The first-order valence-corrected chi connectivity index (χ1v) is 7.07. The van der Waals surface area contributed by atoms with E-state index in [2.05, 4.69) is 45.1 Å². The number of hydrogen-bond acceptors (Lipinski definition) is 3. The molecule has 108 valence electrons. The predicted octanol–water partition coefficient (Wildman–Crippen LogP) is 2.43. The highest BCUT2D eigenvalue weighted by Gasteiger charge is 2.11. The summed E-state index contributed by atoms with van der Waals surface area (Å²) in [7, 11) is 1.74. The van der Waals surface area contributed by atoms with Gasteiger partial charge in [0.2, 0.25) is 0 Å². The molecule has 0 heterocycles. The van der Waals surface area contributed by atoms with Crippen molar-refractivity contribution in [1.82, 2.24) is 5.32 Å². The van der Waals surface area contributed by atoms with Crippen LogP contribution in [-0.4, -0.2) is 26.2 Å². The highest BCUT2D eigenvalue weighted by Crippen LogP contribution is 2.25. The number of aryl methyl sites for hydroxylation is 2. The van der Waals surface area contributed by atoms with Crippen molar-refractivity contribution < 1.29 is 4.74 Å². The number of ether oxygens (including phenoxy) is 1. The standard InChI is InChI=1S/C16H28N2O/c1-11(2)15(10-17)18-7-6-14-9-12(3)8-13(4)16(14)19-5/h8-9,11,15,18H,6-7,10,17H2,1-5H3. The molecule has 1 unspecified atom stereocenters. The van der Waals surface area contributed by atoms with E-state index in [4.69, 9.17) is 10.5 Å². The van der Waals surface area contributed by atoms with E-state index in [-0.39, 0.29) is 0 Å². The second kappa shape index (κ2) is 7.51. The number of methoxy groups -OCH3 is 1. The van der Waals surface area contributed by atoms with Crippen molar-refractivity contribution in [3.8, 4) is 5.75 Å². The fraction of sp³-hybridized carbons (Fsp3) is 0.625. The van der Waals surface area contributed by atoms with Gasteiger partial charge in [-0.2, -0.15) is 0 Å². The molecular formula is C16H28N2O. The van der Waals surface area contributed by atoms with E-state index in [1.165, 1.54) is 16.7 Å². The van der Waals surface area contributed by atoms with Crippen LogP contribution in [-0.2, 0) is 6.42 Å². The van der Waals surface area contributed by atoms with E-state index in [1.807, 2.05) is 0 Å². The molecule has 3 heteroatoms. The van der Waals surface area contributed by atoms with Crippen molar-refractivity contribution in [2.45, 2.75) is 40.2 Å². The summed E-state index contributed by atoms with van der Waals surface area (Å²) in [6.45, 7) is 10.2. The Kier molecular flexibility index (Phi) is 6.32. The summed E-state index contributed by atoms with van der Waals surface area (Å²) in [5.41, 5.74) is 9.53. The minimum atomic E-state index is 0.386. The van der Waals surface area contributed by atoms with Crippen LogP contribution in [0.25, 0.3) is 0 Å². The summed E-state index contributed by atoms with van der Waals surface area (Å²) >= 11 is 0. The molecule has 1 rings (SSSR count). The van der Waals surface area contributed by atoms with Gasteiger partial charge >= 0.3 is 0 Å². The molecule has 0 fully saturated rings. The highest BCUT2D eigenvalue weighted by atomic mass is 16.5. The van der Waals surface area contributed by atoms with Crippen molar-refractivity contribution >= 4 is 0 Å². The fourth-order valence-corrected chi connectivity index (χ4v) is 2.50. The molecule has 19 heavy (non-hydrogen) atoms. The van der Waals surface area contributed by atoms with Crippen LogP contribution >= 0.6 is 0 Å². The van der Waals surface area contributed by atoms with Crippen molar-refractivity contribution in [3.63, 3.8) is 0 Å². The summed E-state index contributed by atoms with van der Waals surface area (Å²) in [4.78, 5) is 0. The van der Waals surface area contributed by atoms with Crippen molar-refractivity contribution in [2.75, 3.05) is 20.2 Å². The van der Waals surface area contributed by atoms with Crippen LogP contribution in [0, 0.1) is 19.8 Å². The zero-order valence-corrected chi connectivity index (χ0v) is 12.9. The normalized spacial score (nSPS) is 12.8. The van der Waals surface area contributed by atoms with Crippen LogP contribution < -0.4 is 15.8 Å². The predicted molar refractivity (Wildman–Crippen MR) is 81.9 cm³/mol. The second-order valence-electron chi connectivity index (χ2n) is 5.56. The Morgan fingerprint density at radius 3 is 2.47 bits per heavy atom. The Bertz CT molecular complexity index is 402. The Morgan fingerprint density at radius 2 is 1.95 bits per heavy atom. The van der Waals surface area contributed by atoms with Gasteiger partial charge < -0.3 is 15.8 Å². The lowest BCUT2D eigenvalue weighted by Crippen LogP contribution is -2.41. The Labute approximate surface area is 117 Å². The average molecular weight is 264 g/mol.